The van der Waals surface area contributed by atoms with Gasteiger partial charge in [0.05, 0.1) is 35.7 Å². The van der Waals surface area contributed by atoms with Crippen LogP contribution in [0.5, 0.6) is 5.75 Å². The normalized spacial score (nSPS) is 19.2. The van der Waals surface area contributed by atoms with Crippen molar-refractivity contribution in [3.8, 4) is 5.75 Å². The summed E-state index contributed by atoms with van der Waals surface area (Å²) in [7, 11) is 1.62. The maximum absolute atomic E-state index is 14.1. The molecule has 1 aliphatic carbocycles. The first-order valence-electron chi connectivity index (χ1n) is 10.8. The van der Waals surface area contributed by atoms with Crippen molar-refractivity contribution in [1.29, 1.82) is 0 Å². The van der Waals surface area contributed by atoms with Gasteiger partial charge in [-0.25, -0.2) is 4.79 Å². The smallest absolute Gasteiger partial charge is 0.335 e. The van der Waals surface area contributed by atoms with Crippen LogP contribution < -0.4 is 9.64 Å². The number of aromatic carboxylic acids is 1. The summed E-state index contributed by atoms with van der Waals surface area (Å²) in [5.41, 5.74) is 4.22. The van der Waals surface area contributed by atoms with Crippen molar-refractivity contribution in [2.75, 3.05) is 12.0 Å². The number of aryl methyl sites for hydroxylation is 1. The summed E-state index contributed by atoms with van der Waals surface area (Å²) in [5, 5.41) is 13.8. The number of fused-ring (bicyclic) bond motifs is 2. The highest BCUT2D eigenvalue weighted by Crippen LogP contribution is 2.49. The zero-order valence-corrected chi connectivity index (χ0v) is 18.2. The lowest BCUT2D eigenvalue weighted by atomic mass is 9.74. The average Bonchev–Trinajstić information content (AvgIpc) is 3.38. The van der Waals surface area contributed by atoms with Gasteiger partial charge in [0.2, 0.25) is 5.91 Å². The SMILES string of the molecule is CCCn1cc(N2C(=O)C3(Cc4ccc(C(=O)O)cc4C3)Cc3ccc(OC)cc32)cn1. The first kappa shape index (κ1) is 20.3. The van der Waals surface area contributed by atoms with Gasteiger partial charge < -0.3 is 9.84 Å². The van der Waals surface area contributed by atoms with Crippen LogP contribution in [0.25, 0.3) is 0 Å². The first-order chi connectivity index (χ1) is 15.4. The molecule has 0 saturated heterocycles. The molecule has 0 bridgehead atoms. The average molecular weight is 431 g/mol. The Balaban J connectivity index is 1.60. The van der Waals surface area contributed by atoms with Gasteiger partial charge in [-0.05, 0) is 60.6 Å². The number of carboxylic acids is 1. The number of aromatic nitrogens is 2. The fourth-order valence-electron chi connectivity index (χ4n) is 5.05. The summed E-state index contributed by atoms with van der Waals surface area (Å²) < 4.78 is 7.29. The second kappa shape index (κ2) is 7.51. The van der Waals surface area contributed by atoms with Crippen LogP contribution in [0.15, 0.2) is 48.8 Å². The molecule has 1 aromatic heterocycles. The van der Waals surface area contributed by atoms with Gasteiger partial charge in [0, 0.05) is 18.8 Å². The Bertz CT molecular complexity index is 1230. The molecule has 0 radical (unpaired) electrons. The lowest BCUT2D eigenvalue weighted by Crippen LogP contribution is -2.47. The van der Waals surface area contributed by atoms with Crippen molar-refractivity contribution in [3.63, 3.8) is 0 Å². The highest BCUT2D eigenvalue weighted by molar-refractivity contribution is 6.07. The van der Waals surface area contributed by atoms with Gasteiger partial charge in [-0.15, -0.1) is 0 Å². The maximum Gasteiger partial charge on any atom is 0.335 e. The van der Waals surface area contributed by atoms with E-state index in [9.17, 15) is 14.7 Å². The van der Waals surface area contributed by atoms with E-state index in [1.165, 1.54) is 0 Å². The fourth-order valence-corrected chi connectivity index (χ4v) is 5.05. The van der Waals surface area contributed by atoms with E-state index in [2.05, 4.69) is 12.0 Å². The molecule has 0 fully saturated rings. The number of carbonyl (C=O) groups is 2. The topological polar surface area (TPSA) is 84.7 Å². The van der Waals surface area contributed by atoms with Gasteiger partial charge in [-0.1, -0.05) is 19.1 Å². The molecule has 7 nitrogen and oxygen atoms in total. The molecule has 2 aromatic carbocycles. The third kappa shape index (κ3) is 3.16. The van der Waals surface area contributed by atoms with Gasteiger partial charge in [0.15, 0.2) is 0 Å². The second-order valence-electron chi connectivity index (χ2n) is 8.70. The van der Waals surface area contributed by atoms with Crippen LogP contribution in [-0.2, 0) is 30.6 Å². The molecular formula is C25H25N3O4. The van der Waals surface area contributed by atoms with Gasteiger partial charge in [-0.2, -0.15) is 5.10 Å². The third-order valence-electron chi connectivity index (χ3n) is 6.56. The van der Waals surface area contributed by atoms with Crippen molar-refractivity contribution in [2.45, 2.75) is 39.2 Å². The lowest BCUT2D eigenvalue weighted by Gasteiger charge is -2.40. The summed E-state index contributed by atoms with van der Waals surface area (Å²) in [5.74, 6) is -0.243. The van der Waals surface area contributed by atoms with E-state index in [0.717, 1.165) is 41.0 Å². The minimum Gasteiger partial charge on any atom is -0.497 e. The molecule has 1 unspecified atom stereocenters. The Labute approximate surface area is 186 Å². The Morgan fingerprint density at radius 1 is 1.12 bits per heavy atom. The minimum atomic E-state index is -0.953. The predicted molar refractivity (Wildman–Crippen MR) is 120 cm³/mol. The molecule has 2 aliphatic rings. The summed E-state index contributed by atoms with van der Waals surface area (Å²) in [4.78, 5) is 27.3. The summed E-state index contributed by atoms with van der Waals surface area (Å²) in [6.07, 6.45) is 6.31. The molecule has 3 aromatic rings. The first-order valence-corrected chi connectivity index (χ1v) is 10.8. The lowest BCUT2D eigenvalue weighted by molar-refractivity contribution is -0.127. The minimum absolute atomic E-state index is 0.0161. The van der Waals surface area contributed by atoms with Crippen LogP contribution >= 0.6 is 0 Å². The van der Waals surface area contributed by atoms with Crippen LogP contribution in [0, 0.1) is 5.41 Å². The number of rotatable bonds is 5. The van der Waals surface area contributed by atoms with E-state index >= 15 is 0 Å². The standard InChI is InChI=1S/C25H25N3O4/c1-3-8-27-15-20(14-26-27)28-22-10-21(32-2)7-6-18(22)12-25(24(28)31)11-17-5-4-16(23(29)30)9-19(17)13-25/h4-7,9-10,14-15H,3,8,11-13H2,1-2H3,(H,29,30). The van der Waals surface area contributed by atoms with Gasteiger partial charge in [-0.3, -0.25) is 14.4 Å². The number of hydrogen-bond acceptors (Lipinski definition) is 4. The van der Waals surface area contributed by atoms with Gasteiger partial charge in [0.25, 0.3) is 0 Å². The van der Waals surface area contributed by atoms with Crippen LogP contribution in [0.1, 0.15) is 40.4 Å². The van der Waals surface area contributed by atoms with Gasteiger partial charge in [0.1, 0.15) is 5.75 Å². The van der Waals surface area contributed by atoms with Crippen molar-refractivity contribution >= 4 is 23.3 Å². The Kier molecular flexibility index (Phi) is 4.77. The number of ether oxygens (including phenoxy) is 1. The molecule has 1 amide bonds. The number of hydrogen-bond donors (Lipinski definition) is 1. The largest absolute Gasteiger partial charge is 0.497 e. The zero-order chi connectivity index (χ0) is 22.5. The van der Waals surface area contributed by atoms with Crippen LogP contribution in [0.2, 0.25) is 0 Å². The molecule has 1 aliphatic heterocycles. The van der Waals surface area contributed by atoms with Crippen LogP contribution in [-0.4, -0.2) is 33.9 Å². The quantitative estimate of drug-likeness (QED) is 0.660. The third-order valence-corrected chi connectivity index (χ3v) is 6.56. The molecule has 7 heteroatoms. The number of benzene rings is 2. The molecule has 1 N–H and O–H groups in total. The molecule has 2 heterocycles. The van der Waals surface area contributed by atoms with E-state index in [-0.39, 0.29) is 11.5 Å². The summed E-state index contributed by atoms with van der Waals surface area (Å²) in [6.45, 7) is 2.87. The Morgan fingerprint density at radius 3 is 2.62 bits per heavy atom. The number of anilines is 2. The second-order valence-corrected chi connectivity index (χ2v) is 8.70. The van der Waals surface area contributed by atoms with E-state index < -0.39 is 11.4 Å². The number of nitrogens with zero attached hydrogens (tertiary/aromatic N) is 3. The monoisotopic (exact) mass is 431 g/mol. The Morgan fingerprint density at radius 2 is 1.88 bits per heavy atom. The molecule has 1 atom stereocenters. The summed E-state index contributed by atoms with van der Waals surface area (Å²) in [6, 6.07) is 11.0. The number of methoxy groups -OCH3 is 1. The van der Waals surface area contributed by atoms with Crippen molar-refractivity contribution in [2.24, 2.45) is 5.41 Å². The predicted octanol–water partition coefficient (Wildman–Crippen LogP) is 4.01. The van der Waals surface area contributed by atoms with E-state index in [1.807, 2.05) is 35.1 Å². The number of carbonyl (C=O) groups excluding carboxylic acids is 1. The van der Waals surface area contributed by atoms with Crippen molar-refractivity contribution in [1.82, 2.24) is 9.78 Å². The Hall–Kier alpha value is -3.61. The van der Waals surface area contributed by atoms with E-state index in [0.29, 0.717) is 25.0 Å². The molecule has 164 valence electrons. The molecular weight excluding hydrogens is 406 g/mol. The number of amides is 1. The highest BCUT2D eigenvalue weighted by Gasteiger charge is 2.50. The van der Waals surface area contributed by atoms with Crippen LogP contribution in [0.4, 0.5) is 11.4 Å². The van der Waals surface area contributed by atoms with Crippen molar-refractivity contribution in [3.05, 3.63) is 71.0 Å². The number of carboxylic acid groups (broad SMARTS) is 1. The summed E-state index contributed by atoms with van der Waals surface area (Å²) >= 11 is 0. The molecule has 0 saturated carbocycles. The molecule has 1 spiro atoms. The fraction of sp³-hybridized carbons (Fsp3) is 0.320. The van der Waals surface area contributed by atoms with Gasteiger partial charge >= 0.3 is 5.97 Å². The maximum atomic E-state index is 14.1. The van der Waals surface area contributed by atoms with E-state index in [4.69, 9.17) is 4.74 Å². The molecule has 5 rings (SSSR count). The molecule has 32 heavy (non-hydrogen) atoms. The van der Waals surface area contributed by atoms with Crippen LogP contribution in [0.3, 0.4) is 0 Å². The highest BCUT2D eigenvalue weighted by atomic mass is 16.5. The zero-order valence-electron chi connectivity index (χ0n) is 18.2. The van der Waals surface area contributed by atoms with Crippen molar-refractivity contribution < 1.29 is 19.4 Å². The van der Waals surface area contributed by atoms with E-state index in [1.54, 1.807) is 30.3 Å².